The summed E-state index contributed by atoms with van der Waals surface area (Å²) in [6.07, 6.45) is 1.45. The van der Waals surface area contributed by atoms with Gasteiger partial charge in [-0.1, -0.05) is 6.07 Å². The molecule has 0 fully saturated rings. The van der Waals surface area contributed by atoms with Crippen molar-refractivity contribution in [1.29, 1.82) is 0 Å². The van der Waals surface area contributed by atoms with E-state index in [1.807, 2.05) is 13.8 Å². The number of carbonyl (C=O) groups excluding carboxylic acids is 1. The number of hydrogen-bond acceptors (Lipinski definition) is 5. The van der Waals surface area contributed by atoms with E-state index in [1.54, 1.807) is 17.0 Å². The highest BCUT2D eigenvalue weighted by Gasteiger charge is 2.14. The molecule has 0 heterocycles. The summed E-state index contributed by atoms with van der Waals surface area (Å²) < 4.78 is 23.2. The molecule has 21 heavy (non-hydrogen) atoms. The molecule has 0 aromatic heterocycles. The lowest BCUT2D eigenvalue weighted by Gasteiger charge is -2.19. The van der Waals surface area contributed by atoms with E-state index in [2.05, 4.69) is 5.32 Å². The Labute approximate surface area is 126 Å². The largest absolute Gasteiger partial charge is 0.396 e. The van der Waals surface area contributed by atoms with Crippen LogP contribution < -0.4 is 11.1 Å². The molecule has 7 heteroatoms. The normalized spacial score (nSPS) is 11.2. The molecule has 118 valence electrons. The fourth-order valence-electron chi connectivity index (χ4n) is 2.06. The maximum absolute atomic E-state index is 11.9. The van der Waals surface area contributed by atoms with Gasteiger partial charge >= 0.3 is 0 Å². The topological polar surface area (TPSA) is 92.5 Å². The number of nitrogen functional groups attached to an aromatic ring is 1. The molecular weight excluding hydrogens is 290 g/mol. The van der Waals surface area contributed by atoms with E-state index in [0.717, 1.165) is 6.26 Å². The Balaban J connectivity index is 2.71. The Morgan fingerprint density at radius 1 is 1.29 bits per heavy atom. The highest BCUT2D eigenvalue weighted by Crippen LogP contribution is 2.26. The Morgan fingerprint density at radius 3 is 2.43 bits per heavy atom. The van der Waals surface area contributed by atoms with Gasteiger partial charge in [0, 0.05) is 32.3 Å². The van der Waals surface area contributed by atoms with Crippen LogP contribution in [0.2, 0.25) is 0 Å². The molecule has 0 radical (unpaired) electrons. The summed E-state index contributed by atoms with van der Waals surface area (Å²) in [5.74, 6) is 0.0605. The van der Waals surface area contributed by atoms with E-state index >= 15 is 0 Å². The minimum Gasteiger partial charge on any atom is -0.396 e. The molecule has 0 atom stereocenters. The monoisotopic (exact) mass is 313 g/mol. The second-order valence-electron chi connectivity index (χ2n) is 4.73. The Bertz CT molecular complexity index is 595. The number of hydrogen-bond donors (Lipinski definition) is 2. The highest BCUT2D eigenvalue weighted by molar-refractivity contribution is 7.90. The average Bonchev–Trinajstić information content (AvgIpc) is 2.40. The highest BCUT2D eigenvalue weighted by atomic mass is 32.2. The van der Waals surface area contributed by atoms with Gasteiger partial charge in [-0.25, -0.2) is 8.42 Å². The van der Waals surface area contributed by atoms with Gasteiger partial charge in [-0.2, -0.15) is 0 Å². The Morgan fingerprint density at radius 2 is 1.90 bits per heavy atom. The molecule has 1 aromatic carbocycles. The van der Waals surface area contributed by atoms with Crippen LogP contribution in [0.25, 0.3) is 0 Å². The lowest BCUT2D eigenvalue weighted by Crippen LogP contribution is -2.31. The van der Waals surface area contributed by atoms with E-state index in [0.29, 0.717) is 31.7 Å². The standard InChI is InChI=1S/C14H23N3O3S/c1-4-17(5-2)13(18)9-10-16-11-7-6-8-12(14(11)15)21(3,19)20/h6-8,16H,4-5,9-10,15H2,1-3H3. The molecule has 0 unspecified atom stereocenters. The first-order valence-electron chi connectivity index (χ1n) is 6.91. The van der Waals surface area contributed by atoms with Gasteiger partial charge in [0.2, 0.25) is 5.91 Å². The van der Waals surface area contributed by atoms with Crippen molar-refractivity contribution in [3.63, 3.8) is 0 Å². The maximum Gasteiger partial charge on any atom is 0.224 e. The van der Waals surface area contributed by atoms with Crippen molar-refractivity contribution in [1.82, 2.24) is 4.90 Å². The number of nitrogens with two attached hydrogens (primary N) is 1. The van der Waals surface area contributed by atoms with Crippen molar-refractivity contribution in [2.75, 3.05) is 36.9 Å². The van der Waals surface area contributed by atoms with Crippen LogP contribution in [0.15, 0.2) is 23.1 Å². The zero-order chi connectivity index (χ0) is 16.0. The molecule has 1 aromatic rings. The average molecular weight is 313 g/mol. The molecule has 6 nitrogen and oxygen atoms in total. The number of rotatable bonds is 7. The summed E-state index contributed by atoms with van der Waals surface area (Å²) in [6.45, 7) is 5.64. The zero-order valence-corrected chi connectivity index (χ0v) is 13.5. The predicted molar refractivity (Wildman–Crippen MR) is 85.0 cm³/mol. The zero-order valence-electron chi connectivity index (χ0n) is 12.7. The van der Waals surface area contributed by atoms with Crippen LogP contribution >= 0.6 is 0 Å². The molecule has 1 rings (SSSR count). The van der Waals surface area contributed by atoms with Gasteiger partial charge in [-0.15, -0.1) is 0 Å². The van der Waals surface area contributed by atoms with E-state index in [1.165, 1.54) is 6.07 Å². The minimum absolute atomic E-state index is 0.0605. The number of nitrogens with one attached hydrogen (secondary N) is 1. The number of sulfone groups is 1. The third kappa shape index (κ3) is 4.63. The number of nitrogens with zero attached hydrogens (tertiary/aromatic N) is 1. The lowest BCUT2D eigenvalue weighted by molar-refractivity contribution is -0.130. The van der Waals surface area contributed by atoms with Gasteiger partial charge in [0.25, 0.3) is 0 Å². The molecule has 3 N–H and O–H groups in total. The predicted octanol–water partition coefficient (Wildman–Crippen LogP) is 1.34. The van der Waals surface area contributed by atoms with Crippen molar-refractivity contribution in [2.24, 2.45) is 0 Å². The van der Waals surface area contributed by atoms with Crippen LogP contribution in [0, 0.1) is 0 Å². The summed E-state index contributed by atoms with van der Waals surface area (Å²) in [5, 5.41) is 3.02. The van der Waals surface area contributed by atoms with Crippen LogP contribution in [0.1, 0.15) is 20.3 Å². The third-order valence-electron chi connectivity index (χ3n) is 3.24. The number of amides is 1. The van der Waals surface area contributed by atoms with Gasteiger partial charge in [0.1, 0.15) is 0 Å². The molecule has 1 amide bonds. The van der Waals surface area contributed by atoms with E-state index in [4.69, 9.17) is 5.73 Å². The minimum atomic E-state index is -3.36. The molecule has 0 aliphatic rings. The molecule has 0 saturated heterocycles. The number of para-hydroxylation sites is 1. The van der Waals surface area contributed by atoms with Crippen LogP contribution in [0.3, 0.4) is 0 Å². The van der Waals surface area contributed by atoms with Crippen molar-refractivity contribution in [2.45, 2.75) is 25.2 Å². The van der Waals surface area contributed by atoms with Crippen molar-refractivity contribution >= 4 is 27.1 Å². The fraction of sp³-hybridized carbons (Fsp3) is 0.500. The van der Waals surface area contributed by atoms with Gasteiger partial charge in [-0.05, 0) is 26.0 Å². The summed E-state index contributed by atoms with van der Waals surface area (Å²) >= 11 is 0. The first-order valence-corrected chi connectivity index (χ1v) is 8.80. The number of carbonyl (C=O) groups is 1. The lowest BCUT2D eigenvalue weighted by atomic mass is 10.2. The van der Waals surface area contributed by atoms with Gasteiger partial charge < -0.3 is 16.0 Å². The molecular formula is C14H23N3O3S. The molecule has 0 spiro atoms. The van der Waals surface area contributed by atoms with Gasteiger partial charge in [-0.3, -0.25) is 4.79 Å². The quantitative estimate of drug-likeness (QED) is 0.741. The second-order valence-corrected chi connectivity index (χ2v) is 6.72. The Kier molecular flexibility index (Phi) is 6.02. The molecule has 0 saturated carbocycles. The third-order valence-corrected chi connectivity index (χ3v) is 4.39. The maximum atomic E-state index is 11.9. The van der Waals surface area contributed by atoms with E-state index in [-0.39, 0.29) is 16.5 Å². The van der Waals surface area contributed by atoms with E-state index < -0.39 is 9.84 Å². The molecule has 0 bridgehead atoms. The van der Waals surface area contributed by atoms with E-state index in [9.17, 15) is 13.2 Å². The summed E-state index contributed by atoms with van der Waals surface area (Å²) in [7, 11) is -3.36. The smallest absolute Gasteiger partial charge is 0.224 e. The van der Waals surface area contributed by atoms with Crippen LogP contribution in [-0.4, -0.2) is 45.1 Å². The second kappa shape index (κ2) is 7.31. The van der Waals surface area contributed by atoms with Gasteiger partial charge in [0.05, 0.1) is 16.3 Å². The SMILES string of the molecule is CCN(CC)C(=O)CCNc1cccc(S(C)(=O)=O)c1N. The van der Waals surface area contributed by atoms with Crippen molar-refractivity contribution in [3.8, 4) is 0 Å². The summed E-state index contributed by atoms with van der Waals surface area (Å²) in [6, 6.07) is 4.80. The van der Waals surface area contributed by atoms with Crippen LogP contribution in [0.4, 0.5) is 11.4 Å². The summed E-state index contributed by atoms with van der Waals surface area (Å²) in [4.78, 5) is 13.7. The molecule has 0 aliphatic heterocycles. The van der Waals surface area contributed by atoms with Gasteiger partial charge in [0.15, 0.2) is 9.84 Å². The van der Waals surface area contributed by atoms with Crippen LogP contribution in [-0.2, 0) is 14.6 Å². The molecule has 0 aliphatic carbocycles. The van der Waals surface area contributed by atoms with Crippen molar-refractivity contribution in [3.05, 3.63) is 18.2 Å². The number of benzene rings is 1. The van der Waals surface area contributed by atoms with Crippen molar-refractivity contribution < 1.29 is 13.2 Å². The Hall–Kier alpha value is -1.76. The first kappa shape index (κ1) is 17.3. The number of anilines is 2. The van der Waals surface area contributed by atoms with Crippen LogP contribution in [0.5, 0.6) is 0 Å². The fourth-order valence-corrected chi connectivity index (χ4v) is 2.90. The summed E-state index contributed by atoms with van der Waals surface area (Å²) in [5.41, 5.74) is 6.58. The first-order chi connectivity index (χ1) is 9.81.